The van der Waals surface area contributed by atoms with Crippen molar-refractivity contribution >= 4 is 40.0 Å². The average molecular weight is 461 g/mol. The largest absolute Gasteiger partial charge is 0.339 e. The van der Waals surface area contributed by atoms with Crippen LogP contribution in [0.2, 0.25) is 0 Å². The quantitative estimate of drug-likeness (QED) is 0.418. The van der Waals surface area contributed by atoms with Gasteiger partial charge in [0, 0.05) is 60.6 Å². The molecule has 4 N–H and O–H groups in total. The lowest BCUT2D eigenvalue weighted by molar-refractivity contribution is -0.110. The number of aromatic amines is 1. The molecule has 1 atom stereocenters. The van der Waals surface area contributed by atoms with Crippen LogP contribution in [0.4, 0.5) is 5.69 Å². The molecule has 2 amide bonds. The molecule has 1 saturated heterocycles. The van der Waals surface area contributed by atoms with E-state index in [2.05, 4.69) is 25.2 Å². The molecule has 176 valence electrons. The number of nitrogens with zero attached hydrogens (tertiary/aromatic N) is 4. The third-order valence-corrected chi connectivity index (χ3v) is 6.14. The van der Waals surface area contributed by atoms with Crippen molar-refractivity contribution in [2.75, 3.05) is 38.5 Å². The highest BCUT2D eigenvalue weighted by Gasteiger charge is 2.22. The SMILES string of the molecule is CC(=N)C(C)C(=N)C(=O)Nc1cnc2[nH]c(-c3ccnc(C(=O)N4CCN(C)CC4)c3)cc2c1. The number of fused-ring (bicyclic) bond motifs is 1. The number of aromatic nitrogens is 3. The Labute approximate surface area is 197 Å². The number of H-pyrrole nitrogens is 1. The number of hydrogen-bond acceptors (Lipinski definition) is 7. The maximum atomic E-state index is 12.9. The molecule has 4 heterocycles. The molecular weight excluding hydrogens is 432 g/mol. The molecule has 0 radical (unpaired) electrons. The molecule has 0 aromatic carbocycles. The van der Waals surface area contributed by atoms with Gasteiger partial charge in [-0.3, -0.25) is 20.0 Å². The summed E-state index contributed by atoms with van der Waals surface area (Å²) in [4.78, 5) is 41.2. The van der Waals surface area contributed by atoms with Crippen LogP contribution in [0.1, 0.15) is 24.3 Å². The maximum absolute atomic E-state index is 12.9. The van der Waals surface area contributed by atoms with Gasteiger partial charge in [0.15, 0.2) is 0 Å². The Morgan fingerprint density at radius 3 is 2.56 bits per heavy atom. The van der Waals surface area contributed by atoms with E-state index in [1.807, 2.05) is 24.1 Å². The highest BCUT2D eigenvalue weighted by Crippen LogP contribution is 2.25. The van der Waals surface area contributed by atoms with Gasteiger partial charge in [-0.2, -0.15) is 0 Å². The van der Waals surface area contributed by atoms with E-state index in [1.54, 1.807) is 32.2 Å². The van der Waals surface area contributed by atoms with Crippen molar-refractivity contribution < 1.29 is 9.59 Å². The molecule has 1 aliphatic heterocycles. The van der Waals surface area contributed by atoms with E-state index in [1.165, 1.54) is 6.20 Å². The summed E-state index contributed by atoms with van der Waals surface area (Å²) < 4.78 is 0. The van der Waals surface area contributed by atoms with Gasteiger partial charge in [-0.05, 0) is 38.2 Å². The number of carbonyl (C=O) groups excluding carboxylic acids is 2. The van der Waals surface area contributed by atoms with E-state index in [9.17, 15) is 9.59 Å². The fourth-order valence-electron chi connectivity index (χ4n) is 3.74. The molecule has 4 rings (SSSR count). The van der Waals surface area contributed by atoms with E-state index >= 15 is 0 Å². The maximum Gasteiger partial charge on any atom is 0.272 e. The van der Waals surface area contributed by atoms with E-state index in [0.717, 1.165) is 29.7 Å². The zero-order valence-corrected chi connectivity index (χ0v) is 19.5. The topological polar surface area (TPSA) is 142 Å². The van der Waals surface area contributed by atoms with Crippen molar-refractivity contribution in [2.45, 2.75) is 13.8 Å². The van der Waals surface area contributed by atoms with Gasteiger partial charge in [0.25, 0.3) is 11.8 Å². The lowest BCUT2D eigenvalue weighted by Gasteiger charge is -2.32. The fraction of sp³-hybridized carbons (Fsp3) is 0.333. The van der Waals surface area contributed by atoms with Gasteiger partial charge in [-0.1, -0.05) is 6.92 Å². The predicted octanol–water partition coefficient (Wildman–Crippen LogP) is 2.65. The summed E-state index contributed by atoms with van der Waals surface area (Å²) in [5, 5.41) is 19.1. The average Bonchev–Trinajstić information content (AvgIpc) is 3.26. The Morgan fingerprint density at radius 1 is 1.12 bits per heavy atom. The predicted molar refractivity (Wildman–Crippen MR) is 132 cm³/mol. The molecular formula is C24H28N8O2. The summed E-state index contributed by atoms with van der Waals surface area (Å²) in [7, 11) is 2.04. The Kier molecular flexibility index (Phi) is 6.51. The van der Waals surface area contributed by atoms with Crippen molar-refractivity contribution in [3.63, 3.8) is 0 Å². The molecule has 10 nitrogen and oxygen atoms in total. The number of nitrogens with one attached hydrogen (secondary N) is 4. The number of anilines is 1. The Hall–Kier alpha value is -3.92. The normalized spacial score (nSPS) is 15.2. The summed E-state index contributed by atoms with van der Waals surface area (Å²) in [6, 6.07) is 7.27. The Bertz CT molecular complexity index is 1270. The standard InChI is InChI=1S/C24H28N8O2/c1-14(15(2)25)21(26)23(33)29-18-10-17-12-19(30-22(17)28-13-18)16-4-5-27-20(11-16)24(34)32-8-6-31(3)7-9-32/h4-5,10-14,25-26H,6-9H2,1-3H3,(H,28,30)(H,29,33). The summed E-state index contributed by atoms with van der Waals surface area (Å²) in [5.41, 5.74) is 3.17. The minimum Gasteiger partial charge on any atom is -0.339 e. The molecule has 0 saturated carbocycles. The van der Waals surface area contributed by atoms with Gasteiger partial charge < -0.3 is 25.5 Å². The van der Waals surface area contributed by atoms with Crippen LogP contribution in [0.15, 0.2) is 36.7 Å². The van der Waals surface area contributed by atoms with Crippen LogP contribution in [0.5, 0.6) is 0 Å². The third kappa shape index (κ3) is 4.86. The minimum absolute atomic E-state index is 0.0778. The summed E-state index contributed by atoms with van der Waals surface area (Å²) >= 11 is 0. The number of rotatable bonds is 6. The van der Waals surface area contributed by atoms with Gasteiger partial charge in [-0.25, -0.2) is 4.98 Å². The summed E-state index contributed by atoms with van der Waals surface area (Å²) in [5.74, 6) is -1.19. The molecule has 1 aliphatic rings. The van der Waals surface area contributed by atoms with Gasteiger partial charge >= 0.3 is 0 Å². The Morgan fingerprint density at radius 2 is 1.85 bits per heavy atom. The molecule has 0 aliphatic carbocycles. The van der Waals surface area contributed by atoms with Crippen LogP contribution < -0.4 is 5.32 Å². The van der Waals surface area contributed by atoms with Crippen LogP contribution in [0.25, 0.3) is 22.3 Å². The second-order valence-corrected chi connectivity index (χ2v) is 8.64. The zero-order valence-electron chi connectivity index (χ0n) is 19.5. The molecule has 3 aromatic heterocycles. The molecule has 1 unspecified atom stereocenters. The van der Waals surface area contributed by atoms with Crippen LogP contribution in [-0.2, 0) is 4.79 Å². The Balaban J connectivity index is 1.53. The van der Waals surface area contributed by atoms with Crippen LogP contribution in [-0.4, -0.2) is 81.2 Å². The van der Waals surface area contributed by atoms with E-state index < -0.39 is 11.8 Å². The van der Waals surface area contributed by atoms with Crippen molar-refractivity contribution in [3.8, 4) is 11.3 Å². The fourth-order valence-corrected chi connectivity index (χ4v) is 3.74. The van der Waals surface area contributed by atoms with Crippen molar-refractivity contribution in [1.29, 1.82) is 10.8 Å². The number of likely N-dealkylation sites (N-methyl/N-ethyl adjacent to an activating group) is 1. The monoisotopic (exact) mass is 460 g/mol. The molecule has 3 aromatic rings. The first-order valence-electron chi connectivity index (χ1n) is 11.1. The van der Waals surface area contributed by atoms with E-state index in [0.29, 0.717) is 30.1 Å². The number of hydrogen-bond donors (Lipinski definition) is 4. The lowest BCUT2D eigenvalue weighted by atomic mass is 10.0. The van der Waals surface area contributed by atoms with Crippen LogP contribution >= 0.6 is 0 Å². The second kappa shape index (κ2) is 9.52. The second-order valence-electron chi connectivity index (χ2n) is 8.64. The summed E-state index contributed by atoms with van der Waals surface area (Å²) in [6.07, 6.45) is 3.14. The molecule has 0 spiro atoms. The third-order valence-electron chi connectivity index (χ3n) is 6.14. The molecule has 0 bridgehead atoms. The number of piperazine rings is 1. The van der Waals surface area contributed by atoms with Crippen LogP contribution in [0.3, 0.4) is 0 Å². The highest BCUT2D eigenvalue weighted by molar-refractivity contribution is 6.45. The van der Waals surface area contributed by atoms with Crippen molar-refractivity contribution in [2.24, 2.45) is 5.92 Å². The van der Waals surface area contributed by atoms with Crippen molar-refractivity contribution in [1.82, 2.24) is 24.8 Å². The first-order valence-corrected chi connectivity index (χ1v) is 11.1. The molecule has 10 heteroatoms. The van der Waals surface area contributed by atoms with Gasteiger partial charge in [-0.15, -0.1) is 0 Å². The molecule has 34 heavy (non-hydrogen) atoms. The van der Waals surface area contributed by atoms with E-state index in [-0.39, 0.29) is 17.3 Å². The first kappa shape index (κ1) is 23.2. The number of pyridine rings is 2. The zero-order chi connectivity index (χ0) is 24.4. The summed E-state index contributed by atoms with van der Waals surface area (Å²) in [6.45, 7) is 6.28. The van der Waals surface area contributed by atoms with Gasteiger partial charge in [0.05, 0.1) is 11.9 Å². The smallest absolute Gasteiger partial charge is 0.272 e. The first-order chi connectivity index (χ1) is 16.2. The lowest BCUT2D eigenvalue weighted by Crippen LogP contribution is -2.47. The number of carbonyl (C=O) groups is 2. The minimum atomic E-state index is -0.558. The van der Waals surface area contributed by atoms with E-state index in [4.69, 9.17) is 10.8 Å². The number of amides is 2. The van der Waals surface area contributed by atoms with Crippen molar-refractivity contribution in [3.05, 3.63) is 42.4 Å². The van der Waals surface area contributed by atoms with Crippen LogP contribution in [0, 0.1) is 16.7 Å². The molecule has 1 fully saturated rings. The van der Waals surface area contributed by atoms with Gasteiger partial charge in [0.2, 0.25) is 0 Å². The highest BCUT2D eigenvalue weighted by atomic mass is 16.2. The van der Waals surface area contributed by atoms with Gasteiger partial charge in [0.1, 0.15) is 17.1 Å².